The molecule has 0 radical (unpaired) electrons. The monoisotopic (exact) mass is 158 g/mol. The van der Waals surface area contributed by atoms with Crippen LogP contribution in [-0.4, -0.2) is 22.4 Å². The fourth-order valence-electron chi connectivity index (χ4n) is 0.293. The van der Waals surface area contributed by atoms with Crippen molar-refractivity contribution < 1.29 is 10.2 Å². The number of hydrogen-bond acceptors (Lipinski definition) is 2. The number of hydrogen-bond donors (Lipinski definition) is 2. The van der Waals surface area contributed by atoms with Crippen molar-refractivity contribution in [1.82, 2.24) is 0 Å². The molecule has 1 aliphatic rings. The van der Waals surface area contributed by atoms with Gasteiger partial charge in [-0.25, -0.2) is 0 Å². The lowest BCUT2D eigenvalue weighted by atomic mass is 10.4. The van der Waals surface area contributed by atoms with E-state index in [-0.39, 0.29) is 0 Å². The summed E-state index contributed by atoms with van der Waals surface area (Å²) >= 11 is 0. The maximum atomic E-state index is 8.38. The zero-order valence-corrected chi connectivity index (χ0v) is 6.20. The molecule has 0 amide bonds. The minimum atomic E-state index is -1.01. The van der Waals surface area contributed by atoms with Gasteiger partial charge in [0.15, 0.2) is 12.2 Å². The molecule has 0 aromatic carbocycles. The molecule has 0 spiro atoms. The highest BCUT2D eigenvalue weighted by Crippen LogP contribution is 1.78. The molecule has 58 valence electrons. The van der Waals surface area contributed by atoms with Crippen LogP contribution in [0.15, 0.2) is 0 Å². The Hall–Kier alpha value is -1.84. The zero-order chi connectivity index (χ0) is 9.40. The average molecular weight is 158 g/mol. The summed E-state index contributed by atoms with van der Waals surface area (Å²) in [6.07, 6.45) is 7.59. The third kappa shape index (κ3) is 4.99. The Kier molecular flexibility index (Phi) is 5.00. The van der Waals surface area contributed by atoms with Crippen LogP contribution in [-0.2, 0) is 0 Å². The summed E-state index contributed by atoms with van der Waals surface area (Å²) in [5.41, 5.74) is 0. The number of aliphatic hydroxyl groups is 2. The Bertz CT molecular complexity index is 298. The Morgan fingerprint density at radius 1 is 1.17 bits per heavy atom. The van der Waals surface area contributed by atoms with Crippen molar-refractivity contribution in [1.29, 1.82) is 0 Å². The molecule has 0 atom stereocenters. The van der Waals surface area contributed by atoms with Gasteiger partial charge in [-0.3, -0.25) is 0 Å². The smallest absolute Gasteiger partial charge is 0.178 e. The average Bonchev–Trinajstić information content (AvgIpc) is 2.55. The van der Waals surface area contributed by atoms with Gasteiger partial charge in [-0.05, 0) is 23.7 Å². The van der Waals surface area contributed by atoms with Gasteiger partial charge in [-0.15, -0.1) is 12.8 Å². The maximum absolute atomic E-state index is 8.38. The van der Waals surface area contributed by atoms with E-state index in [2.05, 4.69) is 36.5 Å². The molecule has 2 nitrogen and oxygen atoms in total. The molecular weight excluding hydrogens is 152 g/mol. The number of terminal acetylenes is 2. The van der Waals surface area contributed by atoms with Crippen LogP contribution in [0, 0.1) is 48.4 Å². The lowest BCUT2D eigenvalue weighted by Crippen LogP contribution is -1.94. The quantitative estimate of drug-likeness (QED) is 0.443. The molecule has 0 bridgehead atoms. The molecule has 0 fully saturated rings. The summed E-state index contributed by atoms with van der Waals surface area (Å²) in [6, 6.07) is 0. The molecule has 0 aromatic rings. The Balaban J connectivity index is 0.000000202. The standard InChI is InChI=1S/C5H2O.C5H4O/c6-5-3-1-2-4-5;1-3-5(6)4-2/h5-6H;1-2,5-6H. The summed E-state index contributed by atoms with van der Waals surface area (Å²) < 4.78 is 0. The van der Waals surface area contributed by atoms with E-state index in [4.69, 9.17) is 10.2 Å². The van der Waals surface area contributed by atoms with Gasteiger partial charge < -0.3 is 10.2 Å². The molecule has 1 rings (SSSR count). The second-order valence-electron chi connectivity index (χ2n) is 1.68. The zero-order valence-electron chi connectivity index (χ0n) is 6.20. The lowest BCUT2D eigenvalue weighted by Gasteiger charge is -1.81. The molecule has 12 heavy (non-hydrogen) atoms. The van der Waals surface area contributed by atoms with Crippen molar-refractivity contribution in [3.05, 3.63) is 0 Å². The van der Waals surface area contributed by atoms with Gasteiger partial charge in [-0.1, -0.05) is 11.8 Å². The van der Waals surface area contributed by atoms with E-state index in [9.17, 15) is 0 Å². The minimum absolute atomic E-state index is 0.676. The summed E-state index contributed by atoms with van der Waals surface area (Å²) in [5, 5.41) is 16.6. The van der Waals surface area contributed by atoms with Crippen LogP contribution in [0.1, 0.15) is 0 Å². The molecule has 0 saturated carbocycles. The second-order valence-corrected chi connectivity index (χ2v) is 1.68. The van der Waals surface area contributed by atoms with Gasteiger partial charge in [0.25, 0.3) is 0 Å². The largest absolute Gasteiger partial charge is 0.369 e. The third-order valence-electron chi connectivity index (χ3n) is 0.796. The van der Waals surface area contributed by atoms with E-state index < -0.39 is 12.2 Å². The van der Waals surface area contributed by atoms with Crippen LogP contribution >= 0.6 is 0 Å². The van der Waals surface area contributed by atoms with Crippen LogP contribution < -0.4 is 0 Å². The normalized spacial score (nSPS) is 10.8. The molecular formula is C10H6O2. The van der Waals surface area contributed by atoms with Crippen LogP contribution in [0.25, 0.3) is 0 Å². The van der Waals surface area contributed by atoms with Crippen LogP contribution in [0.5, 0.6) is 0 Å². The minimum Gasteiger partial charge on any atom is -0.369 e. The highest BCUT2D eigenvalue weighted by Gasteiger charge is 1.90. The van der Waals surface area contributed by atoms with Crippen molar-refractivity contribution in [3.8, 4) is 48.4 Å². The van der Waals surface area contributed by atoms with E-state index in [0.29, 0.717) is 0 Å². The Morgan fingerprint density at radius 2 is 1.58 bits per heavy atom. The van der Waals surface area contributed by atoms with Crippen molar-refractivity contribution >= 4 is 0 Å². The second kappa shape index (κ2) is 5.91. The van der Waals surface area contributed by atoms with E-state index >= 15 is 0 Å². The van der Waals surface area contributed by atoms with E-state index in [0.717, 1.165) is 0 Å². The summed E-state index contributed by atoms with van der Waals surface area (Å²) in [7, 11) is 0. The van der Waals surface area contributed by atoms with Crippen molar-refractivity contribution in [2.24, 2.45) is 0 Å². The molecule has 1 aliphatic carbocycles. The van der Waals surface area contributed by atoms with E-state index in [1.54, 1.807) is 0 Å². The molecule has 2 N–H and O–H groups in total. The summed E-state index contributed by atoms with van der Waals surface area (Å²) in [4.78, 5) is 0. The highest BCUT2D eigenvalue weighted by atomic mass is 16.3. The van der Waals surface area contributed by atoms with E-state index in [1.807, 2.05) is 11.8 Å². The Labute approximate surface area is 71.6 Å². The first kappa shape index (κ1) is 10.2. The van der Waals surface area contributed by atoms with E-state index in [1.165, 1.54) is 0 Å². The first-order chi connectivity index (χ1) is 5.70. The summed E-state index contributed by atoms with van der Waals surface area (Å²) in [5.74, 6) is 13.5. The van der Waals surface area contributed by atoms with Crippen molar-refractivity contribution in [2.75, 3.05) is 0 Å². The number of rotatable bonds is 0. The molecule has 0 unspecified atom stereocenters. The summed E-state index contributed by atoms with van der Waals surface area (Å²) in [6.45, 7) is 0. The predicted octanol–water partition coefficient (Wildman–Crippen LogP) is -1.02. The first-order valence-electron chi connectivity index (χ1n) is 3.00. The van der Waals surface area contributed by atoms with Gasteiger partial charge in [-0.2, -0.15) is 0 Å². The van der Waals surface area contributed by atoms with Gasteiger partial charge in [0, 0.05) is 0 Å². The van der Waals surface area contributed by atoms with Crippen LogP contribution in [0.4, 0.5) is 0 Å². The van der Waals surface area contributed by atoms with Gasteiger partial charge in [0.2, 0.25) is 0 Å². The molecule has 0 aliphatic heterocycles. The van der Waals surface area contributed by atoms with Gasteiger partial charge >= 0.3 is 0 Å². The molecule has 0 heterocycles. The van der Waals surface area contributed by atoms with Crippen LogP contribution in [0.2, 0.25) is 0 Å². The first-order valence-corrected chi connectivity index (χ1v) is 3.00. The fourth-order valence-corrected chi connectivity index (χ4v) is 0.293. The topological polar surface area (TPSA) is 40.5 Å². The van der Waals surface area contributed by atoms with Crippen molar-refractivity contribution in [2.45, 2.75) is 12.2 Å². The van der Waals surface area contributed by atoms with Gasteiger partial charge in [0.05, 0.1) is 0 Å². The molecule has 2 heteroatoms. The van der Waals surface area contributed by atoms with Crippen LogP contribution in [0.3, 0.4) is 0 Å². The SMILES string of the molecule is C#CC(O)C#C.OC1C#CC#C1. The van der Waals surface area contributed by atoms with Gasteiger partial charge in [0.1, 0.15) is 0 Å². The fraction of sp³-hybridized carbons (Fsp3) is 0.200. The highest BCUT2D eigenvalue weighted by molar-refractivity contribution is 5.39. The predicted molar refractivity (Wildman–Crippen MR) is 45.2 cm³/mol. The maximum Gasteiger partial charge on any atom is 0.178 e. The lowest BCUT2D eigenvalue weighted by molar-refractivity contribution is 0.290. The molecule has 0 saturated heterocycles. The Morgan fingerprint density at radius 3 is 1.67 bits per heavy atom. The third-order valence-corrected chi connectivity index (χ3v) is 0.796. The molecule has 0 aromatic heterocycles. The number of aliphatic hydroxyl groups excluding tert-OH is 2. The van der Waals surface area contributed by atoms with Crippen molar-refractivity contribution in [3.63, 3.8) is 0 Å².